The van der Waals surface area contributed by atoms with Crippen molar-refractivity contribution in [2.75, 3.05) is 26.3 Å². The van der Waals surface area contributed by atoms with Crippen LogP contribution in [0.5, 0.6) is 0 Å². The molecule has 2 heterocycles. The largest absolute Gasteiger partial charge is 0.378 e. The minimum absolute atomic E-state index is 0.00227. The van der Waals surface area contributed by atoms with Gasteiger partial charge in [-0.2, -0.15) is 0 Å². The Morgan fingerprint density at radius 3 is 3.10 bits per heavy atom. The van der Waals surface area contributed by atoms with E-state index in [9.17, 15) is 4.79 Å². The maximum Gasteiger partial charge on any atom is 0.239 e. The number of nitrogens with zero attached hydrogens (tertiary/aromatic N) is 2. The standard InChI is InChI=1S/C15H22N4O2/c16-8-13(11-2-1-5-17-9-11)19-6-7-21-10-14(19)15(20)18-12-3-4-12/h1-2,5,9,12-14H,3-4,6-8,10,16H2,(H,18,20). The second-order valence-corrected chi connectivity index (χ2v) is 5.65. The third kappa shape index (κ3) is 3.40. The minimum Gasteiger partial charge on any atom is -0.378 e. The van der Waals surface area contributed by atoms with E-state index in [4.69, 9.17) is 10.5 Å². The first-order chi connectivity index (χ1) is 10.3. The molecule has 2 fully saturated rings. The number of rotatable bonds is 5. The molecule has 2 unspecified atom stereocenters. The average Bonchev–Trinajstić information content (AvgIpc) is 3.33. The van der Waals surface area contributed by atoms with Gasteiger partial charge >= 0.3 is 0 Å². The molecule has 6 nitrogen and oxygen atoms in total. The second kappa shape index (κ2) is 6.51. The van der Waals surface area contributed by atoms with Crippen molar-refractivity contribution in [3.8, 4) is 0 Å². The van der Waals surface area contributed by atoms with Gasteiger partial charge in [0.25, 0.3) is 0 Å². The van der Waals surface area contributed by atoms with Crippen LogP contribution in [0.15, 0.2) is 24.5 Å². The van der Waals surface area contributed by atoms with Crippen LogP contribution < -0.4 is 11.1 Å². The lowest BCUT2D eigenvalue weighted by molar-refractivity contribution is -0.134. The van der Waals surface area contributed by atoms with Gasteiger partial charge < -0.3 is 15.8 Å². The molecule has 1 aliphatic heterocycles. The van der Waals surface area contributed by atoms with E-state index in [0.717, 1.165) is 18.4 Å². The molecule has 0 spiro atoms. The number of hydrogen-bond donors (Lipinski definition) is 2. The zero-order valence-corrected chi connectivity index (χ0v) is 12.1. The SMILES string of the molecule is NCC(c1cccnc1)N1CCOCC1C(=O)NC1CC1. The van der Waals surface area contributed by atoms with Gasteiger partial charge in [0.2, 0.25) is 5.91 Å². The number of morpholine rings is 1. The minimum atomic E-state index is -0.270. The zero-order valence-electron chi connectivity index (χ0n) is 12.1. The van der Waals surface area contributed by atoms with Crippen molar-refractivity contribution in [2.45, 2.75) is 31.0 Å². The van der Waals surface area contributed by atoms with Gasteiger partial charge in [-0.1, -0.05) is 6.07 Å². The first kappa shape index (κ1) is 14.4. The molecule has 1 aromatic rings. The number of aromatic nitrogens is 1. The van der Waals surface area contributed by atoms with E-state index < -0.39 is 0 Å². The number of nitrogens with two attached hydrogens (primary N) is 1. The van der Waals surface area contributed by atoms with Gasteiger partial charge in [-0.05, 0) is 24.5 Å². The van der Waals surface area contributed by atoms with Crippen LogP contribution in [0, 0.1) is 0 Å². The summed E-state index contributed by atoms with van der Waals surface area (Å²) in [5, 5.41) is 3.07. The number of hydrogen-bond acceptors (Lipinski definition) is 5. The Kier molecular flexibility index (Phi) is 4.48. The smallest absolute Gasteiger partial charge is 0.239 e. The Bertz CT molecular complexity index is 478. The van der Waals surface area contributed by atoms with E-state index in [1.165, 1.54) is 0 Å². The third-order valence-electron chi connectivity index (χ3n) is 4.09. The molecular formula is C15H22N4O2. The molecule has 1 aromatic heterocycles. The van der Waals surface area contributed by atoms with E-state index in [-0.39, 0.29) is 18.0 Å². The summed E-state index contributed by atoms with van der Waals surface area (Å²) in [7, 11) is 0. The molecule has 3 N–H and O–H groups in total. The Morgan fingerprint density at radius 1 is 1.57 bits per heavy atom. The highest BCUT2D eigenvalue weighted by atomic mass is 16.5. The zero-order chi connectivity index (χ0) is 14.7. The quantitative estimate of drug-likeness (QED) is 0.801. The van der Waals surface area contributed by atoms with E-state index >= 15 is 0 Å². The summed E-state index contributed by atoms with van der Waals surface area (Å²) < 4.78 is 5.51. The lowest BCUT2D eigenvalue weighted by Crippen LogP contribution is -2.56. The molecule has 21 heavy (non-hydrogen) atoms. The fourth-order valence-corrected chi connectivity index (χ4v) is 2.78. The summed E-state index contributed by atoms with van der Waals surface area (Å²) in [6, 6.07) is 4.00. The number of pyridine rings is 1. The lowest BCUT2D eigenvalue weighted by Gasteiger charge is -2.39. The van der Waals surface area contributed by atoms with E-state index in [0.29, 0.717) is 32.3 Å². The molecule has 1 saturated carbocycles. The summed E-state index contributed by atoms with van der Waals surface area (Å²) in [5.41, 5.74) is 7.02. The highest BCUT2D eigenvalue weighted by molar-refractivity contribution is 5.82. The van der Waals surface area contributed by atoms with Gasteiger partial charge in [-0.15, -0.1) is 0 Å². The Hall–Kier alpha value is -1.50. The molecule has 0 bridgehead atoms. The number of carbonyl (C=O) groups is 1. The summed E-state index contributed by atoms with van der Waals surface area (Å²) in [4.78, 5) is 18.7. The molecule has 0 aromatic carbocycles. The van der Waals surface area contributed by atoms with Crippen LogP contribution in [0.3, 0.4) is 0 Å². The first-order valence-electron chi connectivity index (χ1n) is 7.53. The summed E-state index contributed by atoms with van der Waals surface area (Å²) in [6.07, 6.45) is 5.74. The van der Waals surface area contributed by atoms with E-state index in [2.05, 4.69) is 15.2 Å². The van der Waals surface area contributed by atoms with Gasteiger partial charge in [-0.25, -0.2) is 0 Å². The van der Waals surface area contributed by atoms with Crippen LogP contribution in [-0.4, -0.2) is 54.2 Å². The molecular weight excluding hydrogens is 268 g/mol. The van der Waals surface area contributed by atoms with Crippen LogP contribution >= 0.6 is 0 Å². The van der Waals surface area contributed by atoms with Crippen molar-refractivity contribution in [3.05, 3.63) is 30.1 Å². The molecule has 1 amide bonds. The number of ether oxygens (including phenoxy) is 1. The van der Waals surface area contributed by atoms with Crippen LogP contribution in [0.1, 0.15) is 24.4 Å². The van der Waals surface area contributed by atoms with Crippen LogP contribution in [-0.2, 0) is 9.53 Å². The summed E-state index contributed by atoms with van der Waals surface area (Å²) >= 11 is 0. The fourth-order valence-electron chi connectivity index (χ4n) is 2.78. The Morgan fingerprint density at radius 2 is 2.43 bits per heavy atom. The van der Waals surface area contributed by atoms with E-state index in [1.54, 1.807) is 6.20 Å². The highest BCUT2D eigenvalue weighted by Crippen LogP contribution is 2.25. The number of carbonyl (C=O) groups excluding carboxylic acids is 1. The lowest BCUT2D eigenvalue weighted by atomic mass is 10.0. The fraction of sp³-hybridized carbons (Fsp3) is 0.600. The maximum absolute atomic E-state index is 12.4. The first-order valence-corrected chi connectivity index (χ1v) is 7.53. The van der Waals surface area contributed by atoms with Gasteiger partial charge in [0.1, 0.15) is 6.04 Å². The molecule has 2 aliphatic rings. The number of nitrogens with one attached hydrogen (secondary N) is 1. The molecule has 0 radical (unpaired) electrons. The van der Waals surface area contributed by atoms with Crippen molar-refractivity contribution >= 4 is 5.91 Å². The molecule has 1 saturated heterocycles. The summed E-state index contributed by atoms with van der Waals surface area (Å²) in [6.45, 7) is 2.22. The Balaban J connectivity index is 1.76. The normalized spacial score (nSPS) is 24.5. The molecule has 1 aliphatic carbocycles. The monoisotopic (exact) mass is 290 g/mol. The molecule has 6 heteroatoms. The predicted molar refractivity (Wildman–Crippen MR) is 78.5 cm³/mol. The average molecular weight is 290 g/mol. The molecule has 3 rings (SSSR count). The second-order valence-electron chi connectivity index (χ2n) is 5.65. The molecule has 114 valence electrons. The van der Waals surface area contributed by atoms with Gasteiger partial charge in [0.15, 0.2) is 0 Å². The van der Waals surface area contributed by atoms with Crippen molar-refractivity contribution < 1.29 is 9.53 Å². The van der Waals surface area contributed by atoms with Crippen molar-refractivity contribution in [2.24, 2.45) is 5.73 Å². The highest BCUT2D eigenvalue weighted by Gasteiger charge is 2.36. The van der Waals surface area contributed by atoms with Gasteiger partial charge in [-0.3, -0.25) is 14.7 Å². The predicted octanol–water partition coefficient (Wildman–Crippen LogP) is 0.0608. The van der Waals surface area contributed by atoms with E-state index in [1.807, 2.05) is 18.3 Å². The van der Waals surface area contributed by atoms with Crippen LogP contribution in [0.25, 0.3) is 0 Å². The van der Waals surface area contributed by atoms with Crippen molar-refractivity contribution in [1.29, 1.82) is 0 Å². The maximum atomic E-state index is 12.4. The van der Waals surface area contributed by atoms with Crippen molar-refractivity contribution in [1.82, 2.24) is 15.2 Å². The molecule has 2 atom stereocenters. The van der Waals surface area contributed by atoms with Crippen LogP contribution in [0.2, 0.25) is 0 Å². The van der Waals surface area contributed by atoms with Gasteiger partial charge in [0.05, 0.1) is 13.2 Å². The Labute approximate surface area is 124 Å². The summed E-state index contributed by atoms with van der Waals surface area (Å²) in [5.74, 6) is 0.0551. The van der Waals surface area contributed by atoms with Gasteiger partial charge in [0, 0.05) is 37.6 Å². The third-order valence-corrected chi connectivity index (χ3v) is 4.09. The topological polar surface area (TPSA) is 80.5 Å². The van der Waals surface area contributed by atoms with Crippen molar-refractivity contribution in [3.63, 3.8) is 0 Å². The van der Waals surface area contributed by atoms with Crippen LogP contribution in [0.4, 0.5) is 0 Å². The number of amides is 1.